The van der Waals surface area contributed by atoms with Crippen LogP contribution in [0.25, 0.3) is 0 Å². The van der Waals surface area contributed by atoms with E-state index in [2.05, 4.69) is 22.3 Å². The molecule has 6 heteroatoms. The van der Waals surface area contributed by atoms with Gasteiger partial charge >= 0.3 is 0 Å². The zero-order valence-corrected chi connectivity index (χ0v) is 16.7. The molecule has 0 saturated carbocycles. The molecular weight excluding hydrogens is 356 g/mol. The van der Waals surface area contributed by atoms with Gasteiger partial charge in [0.15, 0.2) is 0 Å². The minimum absolute atomic E-state index is 0.00235. The Balaban J connectivity index is 1.55. The van der Waals surface area contributed by atoms with Crippen molar-refractivity contribution in [2.24, 2.45) is 5.92 Å². The van der Waals surface area contributed by atoms with Crippen molar-refractivity contribution < 1.29 is 19.0 Å². The van der Waals surface area contributed by atoms with Crippen LogP contribution >= 0.6 is 0 Å². The minimum Gasteiger partial charge on any atom is -0.497 e. The van der Waals surface area contributed by atoms with Crippen LogP contribution in [-0.4, -0.2) is 45.2 Å². The van der Waals surface area contributed by atoms with Gasteiger partial charge in [0.05, 0.1) is 27.0 Å². The molecule has 0 aromatic heterocycles. The summed E-state index contributed by atoms with van der Waals surface area (Å²) in [5.74, 6) is 2.22. The molecular formula is C22H28N2O4. The molecule has 1 fully saturated rings. The van der Waals surface area contributed by atoms with E-state index < -0.39 is 0 Å². The number of likely N-dealkylation sites (tertiary alicyclic amines) is 1. The van der Waals surface area contributed by atoms with E-state index in [9.17, 15) is 4.79 Å². The number of amides is 1. The van der Waals surface area contributed by atoms with Gasteiger partial charge in [-0.3, -0.25) is 9.69 Å². The Morgan fingerprint density at radius 2 is 1.71 bits per heavy atom. The molecule has 0 unspecified atom stereocenters. The van der Waals surface area contributed by atoms with Crippen LogP contribution in [0.4, 0.5) is 5.69 Å². The summed E-state index contributed by atoms with van der Waals surface area (Å²) in [5, 5.41) is 3.01. The van der Waals surface area contributed by atoms with Gasteiger partial charge in [-0.15, -0.1) is 0 Å². The molecule has 0 bridgehead atoms. The number of nitrogens with zero attached hydrogens (tertiary/aromatic N) is 1. The van der Waals surface area contributed by atoms with Crippen LogP contribution in [0, 0.1) is 5.92 Å². The molecule has 1 heterocycles. The summed E-state index contributed by atoms with van der Waals surface area (Å²) in [6.07, 6.45) is 1.67. The van der Waals surface area contributed by atoms with Crippen molar-refractivity contribution in [1.82, 2.24) is 4.90 Å². The molecule has 2 aromatic rings. The molecule has 1 aliphatic rings. The third-order valence-corrected chi connectivity index (χ3v) is 5.16. The molecule has 0 aliphatic carbocycles. The number of carbonyl (C=O) groups is 1. The predicted octanol–water partition coefficient (Wildman–Crippen LogP) is 3.56. The maximum atomic E-state index is 12.7. The average molecular weight is 384 g/mol. The zero-order chi connectivity index (χ0) is 19.9. The SMILES string of the molecule is COc1cccc(CN2CCC(C(=O)Nc3cc(OC)ccc3OC)CC2)c1. The van der Waals surface area contributed by atoms with Crippen molar-refractivity contribution in [1.29, 1.82) is 0 Å². The highest BCUT2D eigenvalue weighted by atomic mass is 16.5. The fourth-order valence-corrected chi connectivity index (χ4v) is 3.53. The molecule has 150 valence electrons. The second kappa shape index (κ2) is 9.46. The topological polar surface area (TPSA) is 60.0 Å². The Hall–Kier alpha value is -2.73. The van der Waals surface area contributed by atoms with E-state index in [0.717, 1.165) is 38.2 Å². The van der Waals surface area contributed by atoms with Crippen LogP contribution in [0.1, 0.15) is 18.4 Å². The number of hydrogen-bond donors (Lipinski definition) is 1. The van der Waals surface area contributed by atoms with Crippen LogP contribution < -0.4 is 19.5 Å². The van der Waals surface area contributed by atoms with Crippen molar-refractivity contribution in [2.45, 2.75) is 19.4 Å². The van der Waals surface area contributed by atoms with E-state index in [0.29, 0.717) is 17.2 Å². The van der Waals surface area contributed by atoms with E-state index >= 15 is 0 Å². The molecule has 6 nitrogen and oxygen atoms in total. The van der Waals surface area contributed by atoms with Crippen LogP contribution in [0.15, 0.2) is 42.5 Å². The summed E-state index contributed by atoms with van der Waals surface area (Å²) in [7, 11) is 4.88. The zero-order valence-electron chi connectivity index (χ0n) is 16.7. The van der Waals surface area contributed by atoms with Crippen LogP contribution in [0.2, 0.25) is 0 Å². The number of methoxy groups -OCH3 is 3. The normalized spacial score (nSPS) is 15.1. The van der Waals surface area contributed by atoms with Crippen LogP contribution in [0.3, 0.4) is 0 Å². The summed E-state index contributed by atoms with van der Waals surface area (Å²) in [6.45, 7) is 2.66. The molecule has 0 spiro atoms. The Labute approximate surface area is 166 Å². The van der Waals surface area contributed by atoms with Gasteiger partial charge < -0.3 is 19.5 Å². The number of anilines is 1. The third-order valence-electron chi connectivity index (χ3n) is 5.16. The fourth-order valence-electron chi connectivity index (χ4n) is 3.53. The minimum atomic E-state index is -0.00235. The lowest BCUT2D eigenvalue weighted by Crippen LogP contribution is -2.37. The number of piperidine rings is 1. The summed E-state index contributed by atoms with van der Waals surface area (Å²) >= 11 is 0. The van der Waals surface area contributed by atoms with Crippen LogP contribution in [0.5, 0.6) is 17.2 Å². The molecule has 3 rings (SSSR count). The van der Waals surface area contributed by atoms with Crippen LogP contribution in [-0.2, 0) is 11.3 Å². The van der Waals surface area contributed by atoms with E-state index in [1.54, 1.807) is 33.5 Å². The second-order valence-corrected chi connectivity index (χ2v) is 6.96. The highest BCUT2D eigenvalue weighted by Gasteiger charge is 2.25. The maximum absolute atomic E-state index is 12.7. The summed E-state index contributed by atoms with van der Waals surface area (Å²) < 4.78 is 15.9. The number of carbonyl (C=O) groups excluding carboxylic acids is 1. The molecule has 1 saturated heterocycles. The van der Waals surface area contributed by atoms with Gasteiger partial charge in [0.2, 0.25) is 5.91 Å². The van der Waals surface area contributed by atoms with E-state index in [1.807, 2.05) is 18.2 Å². The lowest BCUT2D eigenvalue weighted by Gasteiger charge is -2.31. The first-order chi connectivity index (χ1) is 13.6. The maximum Gasteiger partial charge on any atom is 0.227 e. The van der Waals surface area contributed by atoms with E-state index in [4.69, 9.17) is 14.2 Å². The standard InChI is InChI=1S/C22H28N2O4/c1-26-18-6-4-5-16(13-18)15-24-11-9-17(10-12-24)22(25)23-20-14-19(27-2)7-8-21(20)28-3/h4-8,13-14,17H,9-12,15H2,1-3H3,(H,23,25). The smallest absolute Gasteiger partial charge is 0.227 e. The van der Waals surface area contributed by atoms with Gasteiger partial charge in [-0.1, -0.05) is 12.1 Å². The molecule has 1 amide bonds. The first kappa shape index (κ1) is 20.0. The van der Waals surface area contributed by atoms with Crippen molar-refractivity contribution in [3.63, 3.8) is 0 Å². The summed E-state index contributed by atoms with van der Waals surface area (Å²) in [6, 6.07) is 13.5. The highest BCUT2D eigenvalue weighted by Crippen LogP contribution is 2.30. The molecule has 2 aromatic carbocycles. The fraction of sp³-hybridized carbons (Fsp3) is 0.409. The second-order valence-electron chi connectivity index (χ2n) is 6.96. The summed E-state index contributed by atoms with van der Waals surface area (Å²) in [5.41, 5.74) is 1.87. The first-order valence-corrected chi connectivity index (χ1v) is 9.51. The molecule has 0 atom stereocenters. The number of nitrogens with one attached hydrogen (secondary N) is 1. The monoisotopic (exact) mass is 384 g/mol. The van der Waals surface area contributed by atoms with Gasteiger partial charge in [-0.05, 0) is 55.8 Å². The quantitative estimate of drug-likeness (QED) is 0.791. The van der Waals surface area contributed by atoms with Gasteiger partial charge in [-0.2, -0.15) is 0 Å². The number of ether oxygens (including phenoxy) is 3. The van der Waals surface area contributed by atoms with Gasteiger partial charge in [0, 0.05) is 18.5 Å². The van der Waals surface area contributed by atoms with Gasteiger partial charge in [-0.25, -0.2) is 0 Å². The highest BCUT2D eigenvalue weighted by molar-refractivity contribution is 5.94. The van der Waals surface area contributed by atoms with Gasteiger partial charge in [0.1, 0.15) is 17.2 Å². The molecule has 0 radical (unpaired) electrons. The summed E-state index contributed by atoms with van der Waals surface area (Å²) in [4.78, 5) is 15.1. The third kappa shape index (κ3) is 4.95. The van der Waals surface area contributed by atoms with Crippen molar-refractivity contribution in [2.75, 3.05) is 39.7 Å². The lowest BCUT2D eigenvalue weighted by atomic mass is 9.95. The number of hydrogen-bond acceptors (Lipinski definition) is 5. The molecule has 1 N–H and O–H groups in total. The Morgan fingerprint density at radius 3 is 2.39 bits per heavy atom. The number of benzene rings is 2. The molecule has 28 heavy (non-hydrogen) atoms. The van der Waals surface area contributed by atoms with E-state index in [-0.39, 0.29) is 11.8 Å². The Morgan fingerprint density at radius 1 is 1.00 bits per heavy atom. The van der Waals surface area contributed by atoms with E-state index in [1.165, 1.54) is 5.56 Å². The average Bonchev–Trinajstić information content (AvgIpc) is 2.74. The van der Waals surface area contributed by atoms with Crippen molar-refractivity contribution in [3.05, 3.63) is 48.0 Å². The Bertz CT molecular complexity index is 801. The number of rotatable bonds is 7. The van der Waals surface area contributed by atoms with Crippen molar-refractivity contribution in [3.8, 4) is 17.2 Å². The molecule has 1 aliphatic heterocycles. The lowest BCUT2D eigenvalue weighted by molar-refractivity contribution is -0.121. The largest absolute Gasteiger partial charge is 0.497 e. The van der Waals surface area contributed by atoms with Crippen molar-refractivity contribution >= 4 is 11.6 Å². The van der Waals surface area contributed by atoms with Gasteiger partial charge in [0.25, 0.3) is 0 Å². The first-order valence-electron chi connectivity index (χ1n) is 9.51. The predicted molar refractivity (Wildman–Crippen MR) is 109 cm³/mol. The Kier molecular flexibility index (Phi) is 6.76.